The van der Waals surface area contributed by atoms with E-state index in [1.165, 1.54) is 0 Å². The number of pyridine rings is 1. The van der Waals surface area contributed by atoms with Crippen LogP contribution in [-0.4, -0.2) is 36.1 Å². The number of ether oxygens (including phenoxy) is 3. The SMILES string of the molecule is Cc1cc2c(NCC(O)COc3ccc4c(c3)OCO4)nccc2o1. The Hall–Kier alpha value is -2.93. The van der Waals surface area contributed by atoms with E-state index in [0.717, 1.165) is 16.7 Å². The Kier molecular flexibility index (Phi) is 4.07. The van der Waals surface area contributed by atoms with E-state index in [9.17, 15) is 5.11 Å². The van der Waals surface area contributed by atoms with Crippen molar-refractivity contribution in [1.82, 2.24) is 4.98 Å². The van der Waals surface area contributed by atoms with Crippen molar-refractivity contribution < 1.29 is 23.7 Å². The first kappa shape index (κ1) is 15.6. The van der Waals surface area contributed by atoms with Crippen molar-refractivity contribution in [3.8, 4) is 17.2 Å². The lowest BCUT2D eigenvalue weighted by atomic mass is 10.3. The van der Waals surface area contributed by atoms with Gasteiger partial charge in [0.1, 0.15) is 35.6 Å². The van der Waals surface area contributed by atoms with E-state index in [0.29, 0.717) is 29.6 Å². The molecule has 3 heterocycles. The van der Waals surface area contributed by atoms with Crippen molar-refractivity contribution >= 4 is 16.8 Å². The number of fused-ring (bicyclic) bond motifs is 2. The third-order valence-electron chi connectivity index (χ3n) is 3.86. The first-order valence-corrected chi connectivity index (χ1v) is 7.98. The molecule has 3 aromatic rings. The van der Waals surface area contributed by atoms with Gasteiger partial charge in [0.25, 0.3) is 0 Å². The average Bonchev–Trinajstić information content (AvgIpc) is 3.22. The molecule has 1 aliphatic heterocycles. The van der Waals surface area contributed by atoms with Gasteiger partial charge in [-0.2, -0.15) is 0 Å². The van der Waals surface area contributed by atoms with Crippen LogP contribution in [0.5, 0.6) is 17.2 Å². The molecule has 1 aromatic carbocycles. The summed E-state index contributed by atoms with van der Waals surface area (Å²) < 4.78 is 21.7. The highest BCUT2D eigenvalue weighted by Crippen LogP contribution is 2.35. The monoisotopic (exact) mass is 342 g/mol. The maximum atomic E-state index is 10.1. The summed E-state index contributed by atoms with van der Waals surface area (Å²) in [5.41, 5.74) is 0.765. The van der Waals surface area contributed by atoms with Crippen molar-refractivity contribution in [2.75, 3.05) is 25.3 Å². The minimum absolute atomic E-state index is 0.146. The van der Waals surface area contributed by atoms with Gasteiger partial charge in [-0.3, -0.25) is 0 Å². The lowest BCUT2D eigenvalue weighted by Gasteiger charge is -2.14. The normalized spacial score (nSPS) is 13.8. The molecule has 0 saturated carbocycles. The Morgan fingerprint density at radius 2 is 2.12 bits per heavy atom. The second-order valence-electron chi connectivity index (χ2n) is 5.79. The van der Waals surface area contributed by atoms with Gasteiger partial charge in [0.2, 0.25) is 6.79 Å². The molecule has 0 fully saturated rings. The predicted octanol–water partition coefficient (Wildman–Crippen LogP) is 2.72. The standard InChI is InChI=1S/C18H18N2O5/c1-11-6-14-15(25-11)4-5-19-18(14)20-8-12(21)9-22-13-2-3-16-17(7-13)24-10-23-16/h2-7,12,21H,8-10H2,1H3,(H,19,20). The number of aromatic nitrogens is 1. The number of anilines is 1. The Balaban J connectivity index is 1.33. The van der Waals surface area contributed by atoms with Crippen molar-refractivity contribution in [2.24, 2.45) is 0 Å². The number of rotatable bonds is 6. The van der Waals surface area contributed by atoms with Crippen molar-refractivity contribution in [3.05, 3.63) is 42.3 Å². The van der Waals surface area contributed by atoms with Gasteiger partial charge in [-0.1, -0.05) is 0 Å². The highest BCUT2D eigenvalue weighted by atomic mass is 16.7. The van der Waals surface area contributed by atoms with Crippen LogP contribution in [0.4, 0.5) is 5.82 Å². The number of hydrogen-bond donors (Lipinski definition) is 2. The van der Waals surface area contributed by atoms with Crippen LogP contribution in [0.1, 0.15) is 5.76 Å². The number of nitrogens with one attached hydrogen (secondary N) is 1. The molecule has 0 saturated heterocycles. The summed E-state index contributed by atoms with van der Waals surface area (Å²) >= 11 is 0. The Bertz CT molecular complexity index is 892. The molecule has 0 radical (unpaired) electrons. The summed E-state index contributed by atoms with van der Waals surface area (Å²) in [6.07, 6.45) is 0.971. The lowest BCUT2D eigenvalue weighted by molar-refractivity contribution is 0.117. The summed E-state index contributed by atoms with van der Waals surface area (Å²) in [6.45, 7) is 2.56. The molecule has 1 atom stereocenters. The van der Waals surface area contributed by atoms with Gasteiger partial charge >= 0.3 is 0 Å². The van der Waals surface area contributed by atoms with Gasteiger partial charge in [-0.05, 0) is 31.2 Å². The fourth-order valence-electron chi connectivity index (χ4n) is 2.66. The van der Waals surface area contributed by atoms with Crippen LogP contribution >= 0.6 is 0 Å². The predicted molar refractivity (Wildman–Crippen MR) is 91.3 cm³/mol. The van der Waals surface area contributed by atoms with Crippen molar-refractivity contribution in [1.29, 1.82) is 0 Å². The molecule has 0 spiro atoms. The molecule has 25 heavy (non-hydrogen) atoms. The van der Waals surface area contributed by atoms with E-state index in [2.05, 4.69) is 10.3 Å². The van der Waals surface area contributed by atoms with Crippen LogP contribution in [0.15, 0.2) is 40.9 Å². The molecule has 130 valence electrons. The molecule has 0 bridgehead atoms. The van der Waals surface area contributed by atoms with E-state index in [1.54, 1.807) is 24.4 Å². The molecule has 0 aliphatic carbocycles. The van der Waals surface area contributed by atoms with Gasteiger partial charge in [0.15, 0.2) is 11.5 Å². The van der Waals surface area contributed by atoms with Gasteiger partial charge in [0.05, 0.1) is 5.39 Å². The van der Waals surface area contributed by atoms with Crippen molar-refractivity contribution in [3.63, 3.8) is 0 Å². The average molecular weight is 342 g/mol. The quantitative estimate of drug-likeness (QED) is 0.712. The molecule has 4 rings (SSSR count). The first-order valence-electron chi connectivity index (χ1n) is 7.98. The highest BCUT2D eigenvalue weighted by Gasteiger charge is 2.15. The van der Waals surface area contributed by atoms with Crippen LogP contribution in [0.25, 0.3) is 11.0 Å². The molecule has 2 N–H and O–H groups in total. The van der Waals surface area contributed by atoms with Crippen LogP contribution in [0.3, 0.4) is 0 Å². The third kappa shape index (κ3) is 3.32. The number of hydrogen-bond acceptors (Lipinski definition) is 7. The van der Waals surface area contributed by atoms with E-state index < -0.39 is 6.10 Å². The number of aryl methyl sites for hydroxylation is 1. The maximum absolute atomic E-state index is 10.1. The molecule has 1 aliphatic rings. The highest BCUT2D eigenvalue weighted by molar-refractivity contribution is 5.88. The smallest absolute Gasteiger partial charge is 0.231 e. The van der Waals surface area contributed by atoms with Gasteiger partial charge in [-0.15, -0.1) is 0 Å². The topological polar surface area (TPSA) is 86.0 Å². The molecule has 1 unspecified atom stereocenters. The van der Waals surface area contributed by atoms with Crippen LogP contribution in [0.2, 0.25) is 0 Å². The van der Waals surface area contributed by atoms with Crippen molar-refractivity contribution in [2.45, 2.75) is 13.0 Å². The zero-order valence-electron chi connectivity index (χ0n) is 13.7. The van der Waals surface area contributed by atoms with E-state index in [1.807, 2.05) is 19.1 Å². The molecule has 7 nitrogen and oxygen atoms in total. The number of nitrogens with zero attached hydrogens (tertiary/aromatic N) is 1. The van der Waals surface area contributed by atoms with Crippen LogP contribution in [-0.2, 0) is 0 Å². The molecular formula is C18H18N2O5. The Labute approximate surface area is 144 Å². The number of aliphatic hydroxyl groups excluding tert-OH is 1. The van der Waals surface area contributed by atoms with Gasteiger partial charge in [0, 0.05) is 18.8 Å². The Morgan fingerprint density at radius 1 is 1.24 bits per heavy atom. The maximum Gasteiger partial charge on any atom is 0.231 e. The summed E-state index contributed by atoms with van der Waals surface area (Å²) in [5, 5.41) is 14.2. The summed E-state index contributed by atoms with van der Waals surface area (Å²) in [5.74, 6) is 3.46. The zero-order chi connectivity index (χ0) is 17.2. The van der Waals surface area contributed by atoms with E-state index >= 15 is 0 Å². The summed E-state index contributed by atoms with van der Waals surface area (Å²) in [7, 11) is 0. The lowest BCUT2D eigenvalue weighted by Crippen LogP contribution is -2.26. The second kappa shape index (κ2) is 6.52. The van der Waals surface area contributed by atoms with Crippen LogP contribution < -0.4 is 19.5 Å². The minimum atomic E-state index is -0.699. The number of furan rings is 1. The molecule has 2 aromatic heterocycles. The van der Waals surface area contributed by atoms with Crippen LogP contribution in [0, 0.1) is 6.92 Å². The largest absolute Gasteiger partial charge is 0.491 e. The zero-order valence-corrected chi connectivity index (χ0v) is 13.7. The molecule has 0 amide bonds. The van der Waals surface area contributed by atoms with E-state index in [-0.39, 0.29) is 13.4 Å². The van der Waals surface area contributed by atoms with Gasteiger partial charge < -0.3 is 29.1 Å². The Morgan fingerprint density at radius 3 is 3.04 bits per heavy atom. The summed E-state index contributed by atoms with van der Waals surface area (Å²) in [4.78, 5) is 4.30. The fraction of sp³-hybridized carbons (Fsp3) is 0.278. The summed E-state index contributed by atoms with van der Waals surface area (Å²) in [6, 6.07) is 9.05. The number of aliphatic hydroxyl groups is 1. The molecular weight excluding hydrogens is 324 g/mol. The molecule has 7 heteroatoms. The third-order valence-corrected chi connectivity index (χ3v) is 3.86. The van der Waals surface area contributed by atoms with Gasteiger partial charge in [-0.25, -0.2) is 4.98 Å². The van der Waals surface area contributed by atoms with E-state index in [4.69, 9.17) is 18.6 Å². The minimum Gasteiger partial charge on any atom is -0.491 e. The first-order chi connectivity index (χ1) is 12.2. The number of benzene rings is 1. The second-order valence-corrected chi connectivity index (χ2v) is 5.79. The fourth-order valence-corrected chi connectivity index (χ4v) is 2.66.